The van der Waals surface area contributed by atoms with E-state index >= 15 is 0 Å². The van der Waals surface area contributed by atoms with Crippen molar-refractivity contribution in [2.75, 3.05) is 6.61 Å². The van der Waals surface area contributed by atoms with Crippen LogP contribution >= 0.6 is 0 Å². The van der Waals surface area contributed by atoms with E-state index in [1.54, 1.807) is 0 Å². The van der Waals surface area contributed by atoms with Gasteiger partial charge in [-0.2, -0.15) is 0 Å². The predicted molar refractivity (Wildman–Crippen MR) is 36.2 cm³/mol. The number of rotatable bonds is 1. The molecular formula is C7H10F2O3. The lowest BCUT2D eigenvalue weighted by Crippen LogP contribution is -2.48. The monoisotopic (exact) mass is 180 g/mol. The standard InChI is InChI=1S/C7H10F2O3/c1-6(5(10)11)4-7(8,9)2-3-12-6/h2-4H2,1H3,(H,10,11). The van der Waals surface area contributed by atoms with E-state index in [-0.39, 0.29) is 6.61 Å². The van der Waals surface area contributed by atoms with Gasteiger partial charge < -0.3 is 9.84 Å². The molecule has 0 aromatic rings. The number of ether oxygens (including phenoxy) is 1. The molecule has 1 unspecified atom stereocenters. The Labute approximate surface area is 68.3 Å². The molecule has 0 amide bonds. The van der Waals surface area contributed by atoms with E-state index in [4.69, 9.17) is 9.84 Å². The van der Waals surface area contributed by atoms with Crippen molar-refractivity contribution in [3.05, 3.63) is 0 Å². The SMILES string of the molecule is CC1(C(=O)O)CC(F)(F)CCO1. The van der Waals surface area contributed by atoms with Crippen LogP contribution < -0.4 is 0 Å². The summed E-state index contributed by atoms with van der Waals surface area (Å²) >= 11 is 0. The van der Waals surface area contributed by atoms with Crippen LogP contribution in [0.5, 0.6) is 0 Å². The molecule has 5 heteroatoms. The molecule has 0 radical (unpaired) electrons. The Kier molecular flexibility index (Phi) is 2.07. The third-order valence-electron chi connectivity index (χ3n) is 1.94. The average Bonchev–Trinajstić information content (AvgIpc) is 1.83. The lowest BCUT2D eigenvalue weighted by atomic mass is 9.93. The van der Waals surface area contributed by atoms with Gasteiger partial charge >= 0.3 is 5.97 Å². The molecule has 1 atom stereocenters. The predicted octanol–water partition coefficient (Wildman–Crippen LogP) is 1.28. The first-order chi connectivity index (χ1) is 5.36. The second kappa shape index (κ2) is 2.65. The van der Waals surface area contributed by atoms with Crippen LogP contribution in [-0.2, 0) is 9.53 Å². The number of aliphatic carboxylic acids is 1. The molecule has 1 fully saturated rings. The van der Waals surface area contributed by atoms with Crippen molar-refractivity contribution in [2.45, 2.75) is 31.3 Å². The number of hydrogen-bond donors (Lipinski definition) is 1. The number of halogens is 2. The van der Waals surface area contributed by atoms with E-state index in [2.05, 4.69) is 0 Å². The Hall–Kier alpha value is -0.710. The molecule has 0 aromatic heterocycles. The average molecular weight is 180 g/mol. The van der Waals surface area contributed by atoms with Gasteiger partial charge in [-0.1, -0.05) is 0 Å². The first-order valence-electron chi connectivity index (χ1n) is 3.61. The number of alkyl halides is 2. The maximum Gasteiger partial charge on any atom is 0.335 e. The molecule has 0 saturated carbocycles. The minimum atomic E-state index is -2.91. The first kappa shape index (κ1) is 9.38. The number of carboxylic acid groups (broad SMARTS) is 1. The van der Waals surface area contributed by atoms with Crippen LogP contribution in [0, 0.1) is 0 Å². The van der Waals surface area contributed by atoms with Gasteiger partial charge in [-0.05, 0) is 6.92 Å². The molecule has 1 saturated heterocycles. The van der Waals surface area contributed by atoms with Crippen molar-refractivity contribution < 1.29 is 23.4 Å². The summed E-state index contributed by atoms with van der Waals surface area (Å²) in [4.78, 5) is 10.5. The zero-order valence-electron chi connectivity index (χ0n) is 6.64. The van der Waals surface area contributed by atoms with Crippen molar-refractivity contribution in [1.82, 2.24) is 0 Å². The van der Waals surface area contributed by atoms with E-state index in [1.165, 1.54) is 6.92 Å². The fourth-order valence-electron chi connectivity index (χ4n) is 1.20. The van der Waals surface area contributed by atoms with Crippen LogP contribution in [-0.4, -0.2) is 29.2 Å². The first-order valence-corrected chi connectivity index (χ1v) is 3.61. The molecular weight excluding hydrogens is 170 g/mol. The minimum Gasteiger partial charge on any atom is -0.479 e. The summed E-state index contributed by atoms with van der Waals surface area (Å²) < 4.78 is 30.2. The Bertz CT molecular complexity index is 205. The van der Waals surface area contributed by atoms with Crippen molar-refractivity contribution in [3.63, 3.8) is 0 Å². The highest BCUT2D eigenvalue weighted by Crippen LogP contribution is 2.36. The molecule has 0 aliphatic carbocycles. The zero-order chi connectivity index (χ0) is 9.41. The van der Waals surface area contributed by atoms with Crippen molar-refractivity contribution in [1.29, 1.82) is 0 Å². The molecule has 0 aromatic carbocycles. The third kappa shape index (κ3) is 1.72. The largest absolute Gasteiger partial charge is 0.479 e. The molecule has 70 valence electrons. The lowest BCUT2D eigenvalue weighted by Gasteiger charge is -2.34. The molecule has 1 rings (SSSR count). The molecule has 12 heavy (non-hydrogen) atoms. The van der Waals surface area contributed by atoms with Gasteiger partial charge in [0.25, 0.3) is 5.92 Å². The van der Waals surface area contributed by atoms with Crippen LogP contribution in [0.4, 0.5) is 8.78 Å². The van der Waals surface area contributed by atoms with Crippen LogP contribution in [0.3, 0.4) is 0 Å². The molecule has 0 bridgehead atoms. The molecule has 1 N–H and O–H groups in total. The fourth-order valence-corrected chi connectivity index (χ4v) is 1.20. The number of hydrogen-bond acceptors (Lipinski definition) is 2. The third-order valence-corrected chi connectivity index (χ3v) is 1.94. The lowest BCUT2D eigenvalue weighted by molar-refractivity contribution is -0.198. The molecule has 1 heterocycles. The molecule has 0 spiro atoms. The summed E-state index contributed by atoms with van der Waals surface area (Å²) in [5.74, 6) is -4.24. The van der Waals surface area contributed by atoms with Gasteiger partial charge in [0.1, 0.15) is 0 Å². The maximum atomic E-state index is 12.7. The van der Waals surface area contributed by atoms with Gasteiger partial charge in [-0.15, -0.1) is 0 Å². The van der Waals surface area contributed by atoms with Gasteiger partial charge in [-0.3, -0.25) is 0 Å². The minimum absolute atomic E-state index is 0.199. The Balaban J connectivity index is 2.74. The normalized spacial score (nSPS) is 34.6. The van der Waals surface area contributed by atoms with E-state index in [9.17, 15) is 13.6 Å². The Morgan fingerprint density at radius 1 is 1.58 bits per heavy atom. The Morgan fingerprint density at radius 3 is 2.50 bits per heavy atom. The number of carbonyl (C=O) groups is 1. The molecule has 1 aliphatic rings. The summed E-state index contributed by atoms with van der Waals surface area (Å²) in [5.41, 5.74) is -1.72. The Morgan fingerprint density at radius 2 is 2.17 bits per heavy atom. The zero-order valence-corrected chi connectivity index (χ0v) is 6.64. The van der Waals surface area contributed by atoms with Gasteiger partial charge in [0.05, 0.1) is 13.0 Å². The van der Waals surface area contributed by atoms with Crippen molar-refractivity contribution in [2.24, 2.45) is 0 Å². The summed E-state index contributed by atoms with van der Waals surface area (Å²) in [5, 5.41) is 8.57. The van der Waals surface area contributed by atoms with Crippen LogP contribution in [0.15, 0.2) is 0 Å². The highest BCUT2D eigenvalue weighted by Gasteiger charge is 2.48. The van der Waals surface area contributed by atoms with Crippen molar-refractivity contribution in [3.8, 4) is 0 Å². The summed E-state index contributed by atoms with van der Waals surface area (Å²) in [6.07, 6.45) is -1.13. The second-order valence-corrected chi connectivity index (χ2v) is 3.17. The van der Waals surface area contributed by atoms with Gasteiger partial charge in [-0.25, -0.2) is 13.6 Å². The number of carboxylic acids is 1. The van der Waals surface area contributed by atoms with E-state index < -0.39 is 30.3 Å². The van der Waals surface area contributed by atoms with Crippen LogP contribution in [0.1, 0.15) is 19.8 Å². The van der Waals surface area contributed by atoms with Gasteiger partial charge in [0, 0.05) is 6.42 Å². The van der Waals surface area contributed by atoms with Crippen LogP contribution in [0.25, 0.3) is 0 Å². The summed E-state index contributed by atoms with van der Waals surface area (Å²) in [6.45, 7) is 0.970. The second-order valence-electron chi connectivity index (χ2n) is 3.17. The van der Waals surface area contributed by atoms with E-state index in [0.717, 1.165) is 0 Å². The maximum absolute atomic E-state index is 12.7. The van der Waals surface area contributed by atoms with Gasteiger partial charge in [0.15, 0.2) is 5.60 Å². The van der Waals surface area contributed by atoms with Crippen LogP contribution in [0.2, 0.25) is 0 Å². The quantitative estimate of drug-likeness (QED) is 0.661. The summed E-state index contributed by atoms with van der Waals surface area (Å²) in [6, 6.07) is 0. The molecule has 1 aliphatic heterocycles. The van der Waals surface area contributed by atoms with Crippen molar-refractivity contribution >= 4 is 5.97 Å². The van der Waals surface area contributed by atoms with E-state index in [0.29, 0.717) is 0 Å². The molecule has 3 nitrogen and oxygen atoms in total. The van der Waals surface area contributed by atoms with Gasteiger partial charge in [0.2, 0.25) is 0 Å². The van der Waals surface area contributed by atoms with E-state index in [1.807, 2.05) is 0 Å². The highest BCUT2D eigenvalue weighted by atomic mass is 19.3. The highest BCUT2D eigenvalue weighted by molar-refractivity contribution is 5.77. The fraction of sp³-hybridized carbons (Fsp3) is 0.857. The smallest absolute Gasteiger partial charge is 0.335 e. The topological polar surface area (TPSA) is 46.5 Å². The summed E-state index contributed by atoms with van der Waals surface area (Å²) in [7, 11) is 0.